The Morgan fingerprint density at radius 2 is 1.88 bits per heavy atom. The first-order chi connectivity index (χ1) is 8.36. The maximum atomic E-state index is 10.5. The van der Waals surface area contributed by atoms with Gasteiger partial charge in [-0.1, -0.05) is 12.1 Å². The van der Waals surface area contributed by atoms with Crippen molar-refractivity contribution in [3.05, 3.63) is 47.2 Å². The van der Waals surface area contributed by atoms with Crippen LogP contribution in [0.5, 0.6) is 0 Å². The maximum absolute atomic E-state index is 10.5. The summed E-state index contributed by atoms with van der Waals surface area (Å²) < 4.78 is 0. The molecule has 0 saturated heterocycles. The van der Waals surface area contributed by atoms with Gasteiger partial charge in [0.25, 0.3) is 0 Å². The van der Waals surface area contributed by atoms with Crippen LogP contribution in [0.25, 0.3) is 11.3 Å². The molecule has 1 aromatic heterocycles. The topological polar surface area (TPSA) is 42.9 Å². The van der Waals surface area contributed by atoms with Gasteiger partial charge in [0.15, 0.2) is 6.29 Å². The zero-order valence-electron chi connectivity index (χ0n) is 9.39. The molecule has 1 aromatic carbocycles. The van der Waals surface area contributed by atoms with Gasteiger partial charge in [0.2, 0.25) is 0 Å². The maximum Gasteiger partial charge on any atom is 0.170 e. The van der Waals surface area contributed by atoms with Crippen LogP contribution in [0.3, 0.4) is 0 Å². The van der Waals surface area contributed by atoms with E-state index in [0.717, 1.165) is 17.7 Å². The number of aryl methyl sites for hydroxylation is 2. The summed E-state index contributed by atoms with van der Waals surface area (Å²) >= 11 is 0. The number of benzene rings is 1. The number of aromatic nitrogens is 2. The number of nitrogens with zero attached hydrogens (tertiary/aromatic N) is 2. The first kappa shape index (κ1) is 10.1. The lowest BCUT2D eigenvalue weighted by Crippen LogP contribution is -1.93. The van der Waals surface area contributed by atoms with Crippen LogP contribution in [0.2, 0.25) is 0 Å². The zero-order chi connectivity index (χ0) is 11.7. The van der Waals surface area contributed by atoms with Crippen molar-refractivity contribution >= 4 is 6.29 Å². The van der Waals surface area contributed by atoms with Crippen molar-refractivity contribution in [3.8, 4) is 11.3 Å². The Balaban J connectivity index is 2.00. The van der Waals surface area contributed by atoms with E-state index >= 15 is 0 Å². The van der Waals surface area contributed by atoms with Crippen LogP contribution in [-0.4, -0.2) is 16.5 Å². The van der Waals surface area contributed by atoms with Gasteiger partial charge in [0.05, 0.1) is 5.69 Å². The smallest absolute Gasteiger partial charge is 0.170 e. The van der Waals surface area contributed by atoms with Gasteiger partial charge >= 0.3 is 0 Å². The van der Waals surface area contributed by atoms with Crippen molar-refractivity contribution in [2.75, 3.05) is 0 Å². The van der Waals surface area contributed by atoms with Crippen LogP contribution in [0, 0.1) is 0 Å². The second-order valence-electron chi connectivity index (χ2n) is 4.30. The monoisotopic (exact) mass is 224 g/mol. The number of hydrogen-bond donors (Lipinski definition) is 0. The van der Waals surface area contributed by atoms with Crippen molar-refractivity contribution in [2.45, 2.75) is 19.3 Å². The van der Waals surface area contributed by atoms with Gasteiger partial charge in [-0.25, -0.2) is 0 Å². The summed E-state index contributed by atoms with van der Waals surface area (Å²) in [7, 11) is 0. The molecule has 3 heteroatoms. The quantitative estimate of drug-likeness (QED) is 0.736. The molecule has 84 valence electrons. The molecule has 1 aliphatic carbocycles. The minimum atomic E-state index is 0.370. The molecule has 3 rings (SSSR count). The molecule has 0 spiro atoms. The van der Waals surface area contributed by atoms with Crippen LogP contribution < -0.4 is 0 Å². The fourth-order valence-corrected chi connectivity index (χ4v) is 2.29. The molecule has 0 saturated carbocycles. The number of rotatable bonds is 2. The number of carbonyl (C=O) groups is 1. The van der Waals surface area contributed by atoms with Gasteiger partial charge in [-0.05, 0) is 48.6 Å². The minimum Gasteiger partial charge on any atom is -0.296 e. The molecule has 2 aromatic rings. The van der Waals surface area contributed by atoms with Crippen molar-refractivity contribution in [3.63, 3.8) is 0 Å². The molecule has 0 unspecified atom stereocenters. The summed E-state index contributed by atoms with van der Waals surface area (Å²) in [4.78, 5) is 10.5. The molecule has 0 radical (unpaired) electrons. The van der Waals surface area contributed by atoms with Crippen molar-refractivity contribution in [1.82, 2.24) is 10.2 Å². The van der Waals surface area contributed by atoms with Gasteiger partial charge in [-0.2, -0.15) is 0 Å². The number of carbonyl (C=O) groups excluding carboxylic acids is 1. The molecule has 1 aliphatic rings. The number of fused-ring (bicyclic) bond motifs is 1. The molecule has 0 amide bonds. The van der Waals surface area contributed by atoms with Crippen LogP contribution >= 0.6 is 0 Å². The van der Waals surface area contributed by atoms with E-state index in [-0.39, 0.29) is 0 Å². The summed E-state index contributed by atoms with van der Waals surface area (Å²) in [5.41, 5.74) is 5.14. The van der Waals surface area contributed by atoms with Gasteiger partial charge in [-0.15, -0.1) is 10.2 Å². The van der Waals surface area contributed by atoms with E-state index < -0.39 is 0 Å². The highest BCUT2D eigenvalue weighted by molar-refractivity contribution is 5.72. The third-order valence-corrected chi connectivity index (χ3v) is 3.20. The molecule has 0 bridgehead atoms. The van der Waals surface area contributed by atoms with E-state index in [2.05, 4.69) is 28.4 Å². The largest absolute Gasteiger partial charge is 0.296 e. The predicted octanol–water partition coefficient (Wildman–Crippen LogP) is 2.44. The van der Waals surface area contributed by atoms with Gasteiger partial charge in [0, 0.05) is 5.56 Å². The standard InChI is InChI=1S/C14H12N2O/c17-9-13-6-7-14(16-15-13)12-5-4-10-2-1-3-11(10)8-12/h4-9H,1-3H2. The molecule has 0 atom stereocenters. The molecule has 17 heavy (non-hydrogen) atoms. The lowest BCUT2D eigenvalue weighted by Gasteiger charge is -2.03. The van der Waals surface area contributed by atoms with Crippen molar-refractivity contribution in [1.29, 1.82) is 0 Å². The normalized spacial score (nSPS) is 13.4. The van der Waals surface area contributed by atoms with E-state index in [9.17, 15) is 4.79 Å². The average Bonchev–Trinajstić information content (AvgIpc) is 2.86. The molecule has 0 aliphatic heterocycles. The average molecular weight is 224 g/mol. The lowest BCUT2D eigenvalue weighted by atomic mass is 10.0. The Morgan fingerprint density at radius 3 is 2.65 bits per heavy atom. The number of aldehydes is 1. The third kappa shape index (κ3) is 1.84. The highest BCUT2D eigenvalue weighted by Crippen LogP contribution is 2.26. The second kappa shape index (κ2) is 4.09. The first-order valence-electron chi connectivity index (χ1n) is 5.78. The highest BCUT2D eigenvalue weighted by atomic mass is 16.1. The first-order valence-corrected chi connectivity index (χ1v) is 5.78. The fourth-order valence-electron chi connectivity index (χ4n) is 2.29. The van der Waals surface area contributed by atoms with Gasteiger partial charge in [-0.3, -0.25) is 4.79 Å². The Hall–Kier alpha value is -2.03. The van der Waals surface area contributed by atoms with E-state index in [4.69, 9.17) is 0 Å². The Bertz CT molecular complexity index is 561. The Morgan fingerprint density at radius 1 is 1.00 bits per heavy atom. The highest BCUT2D eigenvalue weighted by Gasteiger charge is 2.11. The van der Waals surface area contributed by atoms with Gasteiger partial charge < -0.3 is 0 Å². The van der Waals surface area contributed by atoms with Crippen LogP contribution in [0.4, 0.5) is 0 Å². The molecule has 3 nitrogen and oxygen atoms in total. The third-order valence-electron chi connectivity index (χ3n) is 3.20. The van der Waals surface area contributed by atoms with E-state index in [1.807, 2.05) is 6.07 Å². The SMILES string of the molecule is O=Cc1ccc(-c2ccc3c(c2)CCC3)nn1. The number of hydrogen-bond acceptors (Lipinski definition) is 3. The zero-order valence-corrected chi connectivity index (χ0v) is 9.39. The summed E-state index contributed by atoms with van der Waals surface area (Å²) in [6.45, 7) is 0. The predicted molar refractivity (Wildman–Crippen MR) is 64.9 cm³/mol. The Labute approximate surface area is 99.5 Å². The fraction of sp³-hybridized carbons (Fsp3) is 0.214. The Kier molecular flexibility index (Phi) is 2.44. The molecular weight excluding hydrogens is 212 g/mol. The molecule has 1 heterocycles. The van der Waals surface area contributed by atoms with Gasteiger partial charge in [0.1, 0.15) is 5.69 Å². The van der Waals surface area contributed by atoms with E-state index in [0.29, 0.717) is 12.0 Å². The molecular formula is C14H12N2O. The summed E-state index contributed by atoms with van der Waals surface area (Å²) in [6, 6.07) is 9.98. The second-order valence-corrected chi connectivity index (χ2v) is 4.30. The van der Waals surface area contributed by atoms with Crippen LogP contribution in [0.1, 0.15) is 28.0 Å². The summed E-state index contributed by atoms with van der Waals surface area (Å²) in [5, 5.41) is 7.91. The minimum absolute atomic E-state index is 0.370. The van der Waals surface area contributed by atoms with E-state index in [1.165, 1.54) is 24.0 Å². The van der Waals surface area contributed by atoms with E-state index in [1.54, 1.807) is 6.07 Å². The van der Waals surface area contributed by atoms with Crippen LogP contribution in [0.15, 0.2) is 30.3 Å². The van der Waals surface area contributed by atoms with Crippen LogP contribution in [-0.2, 0) is 12.8 Å². The summed E-state index contributed by atoms with van der Waals surface area (Å²) in [6.07, 6.45) is 4.29. The summed E-state index contributed by atoms with van der Waals surface area (Å²) in [5.74, 6) is 0. The lowest BCUT2D eigenvalue weighted by molar-refractivity contribution is 0.111. The van der Waals surface area contributed by atoms with Crippen molar-refractivity contribution in [2.24, 2.45) is 0 Å². The molecule has 0 N–H and O–H groups in total. The van der Waals surface area contributed by atoms with Crippen molar-refractivity contribution < 1.29 is 4.79 Å². The molecule has 0 fully saturated rings.